The van der Waals surface area contributed by atoms with E-state index < -0.39 is 0 Å². The van der Waals surface area contributed by atoms with E-state index in [4.69, 9.17) is 0 Å². The van der Waals surface area contributed by atoms with E-state index in [0.717, 1.165) is 25.4 Å². The molecule has 3 rings (SSSR count). The molecule has 0 saturated carbocycles. The predicted molar refractivity (Wildman–Crippen MR) is 91.6 cm³/mol. The summed E-state index contributed by atoms with van der Waals surface area (Å²) >= 11 is 6.85. The van der Waals surface area contributed by atoms with Crippen LogP contribution in [0.5, 0.6) is 0 Å². The molecule has 2 aromatic carbocycles. The van der Waals surface area contributed by atoms with Crippen LogP contribution in [0.4, 0.5) is 0 Å². The molecule has 0 saturated heterocycles. The number of hydrogen-bond acceptors (Lipinski definition) is 2. The smallest absolute Gasteiger partial charge is 0.168 e. The number of Topliss-reactive ketones (excluding diaryl/α,β-unsaturated/α-hetero) is 1. The highest BCUT2D eigenvalue weighted by molar-refractivity contribution is 9.11. The van der Waals surface area contributed by atoms with Gasteiger partial charge in [-0.1, -0.05) is 50.1 Å². The second-order valence-electron chi connectivity index (χ2n) is 4.71. The van der Waals surface area contributed by atoms with Gasteiger partial charge in [0.1, 0.15) is 0 Å². The SMILES string of the molecule is O=C(Cc1ccnc2ccccc12)c1cc(Br)ccc1Br. The molecule has 0 aliphatic heterocycles. The highest BCUT2D eigenvalue weighted by atomic mass is 79.9. The van der Waals surface area contributed by atoms with Crippen LogP contribution in [0.25, 0.3) is 10.9 Å². The van der Waals surface area contributed by atoms with Gasteiger partial charge in [0.05, 0.1) is 5.52 Å². The number of aromatic nitrogens is 1. The van der Waals surface area contributed by atoms with E-state index in [1.165, 1.54) is 0 Å². The van der Waals surface area contributed by atoms with Crippen LogP contribution in [-0.4, -0.2) is 10.8 Å². The molecule has 0 atom stereocenters. The van der Waals surface area contributed by atoms with E-state index in [2.05, 4.69) is 36.8 Å². The van der Waals surface area contributed by atoms with Crippen molar-refractivity contribution in [2.24, 2.45) is 0 Å². The molecular formula is C17H11Br2NO. The summed E-state index contributed by atoms with van der Waals surface area (Å²) in [6, 6.07) is 15.4. The monoisotopic (exact) mass is 403 g/mol. The number of carbonyl (C=O) groups is 1. The van der Waals surface area contributed by atoms with Crippen LogP contribution >= 0.6 is 31.9 Å². The number of para-hydroxylation sites is 1. The first-order chi connectivity index (χ1) is 10.1. The Morgan fingerprint density at radius 3 is 2.71 bits per heavy atom. The summed E-state index contributed by atoms with van der Waals surface area (Å²) in [6.45, 7) is 0. The van der Waals surface area contributed by atoms with Gasteiger partial charge in [-0.05, 0) is 35.9 Å². The lowest BCUT2D eigenvalue weighted by molar-refractivity contribution is 0.0992. The molecule has 0 aliphatic rings. The number of pyridine rings is 1. The zero-order valence-corrected chi connectivity index (χ0v) is 14.2. The fourth-order valence-corrected chi connectivity index (χ4v) is 3.12. The van der Waals surface area contributed by atoms with Crippen molar-refractivity contribution in [1.29, 1.82) is 0 Å². The quantitative estimate of drug-likeness (QED) is 0.562. The first-order valence-electron chi connectivity index (χ1n) is 6.46. The number of hydrogen-bond donors (Lipinski definition) is 0. The van der Waals surface area contributed by atoms with Gasteiger partial charge in [0.2, 0.25) is 0 Å². The van der Waals surface area contributed by atoms with Crippen LogP contribution in [0.15, 0.2) is 63.7 Å². The minimum Gasteiger partial charge on any atom is -0.294 e. The molecule has 4 heteroatoms. The van der Waals surface area contributed by atoms with Gasteiger partial charge < -0.3 is 0 Å². The van der Waals surface area contributed by atoms with Gasteiger partial charge in [-0.2, -0.15) is 0 Å². The molecule has 0 fully saturated rings. The van der Waals surface area contributed by atoms with E-state index >= 15 is 0 Å². The van der Waals surface area contributed by atoms with E-state index in [1.54, 1.807) is 6.20 Å². The van der Waals surface area contributed by atoms with Crippen LogP contribution in [0.2, 0.25) is 0 Å². The molecule has 0 amide bonds. The number of benzene rings is 2. The normalized spacial score (nSPS) is 10.8. The van der Waals surface area contributed by atoms with E-state index in [9.17, 15) is 4.79 Å². The minimum absolute atomic E-state index is 0.0829. The zero-order chi connectivity index (χ0) is 14.8. The lowest BCUT2D eigenvalue weighted by atomic mass is 10.0. The number of halogens is 2. The summed E-state index contributed by atoms with van der Waals surface area (Å²) in [7, 11) is 0. The minimum atomic E-state index is 0.0829. The maximum atomic E-state index is 12.6. The third-order valence-corrected chi connectivity index (χ3v) is 4.50. The van der Waals surface area contributed by atoms with Crippen molar-refractivity contribution < 1.29 is 4.79 Å². The molecule has 0 radical (unpaired) electrons. The summed E-state index contributed by atoms with van der Waals surface area (Å²) in [6.07, 6.45) is 2.11. The maximum Gasteiger partial charge on any atom is 0.168 e. The fourth-order valence-electron chi connectivity index (χ4n) is 2.29. The Hall–Kier alpha value is -1.52. The standard InChI is InChI=1S/C17H11Br2NO/c18-12-5-6-15(19)14(10-12)17(21)9-11-7-8-20-16-4-2-1-3-13(11)16/h1-8,10H,9H2. The molecule has 104 valence electrons. The number of fused-ring (bicyclic) bond motifs is 1. The number of ketones is 1. The lowest BCUT2D eigenvalue weighted by Crippen LogP contribution is -2.05. The Morgan fingerprint density at radius 2 is 1.86 bits per heavy atom. The Kier molecular flexibility index (Phi) is 4.17. The summed E-state index contributed by atoms with van der Waals surface area (Å²) in [5.74, 6) is 0.0829. The van der Waals surface area contributed by atoms with E-state index in [-0.39, 0.29) is 5.78 Å². The number of carbonyl (C=O) groups excluding carboxylic acids is 1. The molecule has 0 spiro atoms. The van der Waals surface area contributed by atoms with E-state index in [1.807, 2.05) is 48.5 Å². The Labute approximate surface area is 139 Å². The first kappa shape index (κ1) is 14.4. The van der Waals surface area contributed by atoms with Crippen molar-refractivity contribution >= 4 is 48.5 Å². The molecule has 3 aromatic rings. The van der Waals surface area contributed by atoms with Crippen molar-refractivity contribution in [2.75, 3.05) is 0 Å². The largest absolute Gasteiger partial charge is 0.294 e. The fraction of sp³-hybridized carbons (Fsp3) is 0.0588. The van der Waals surface area contributed by atoms with Gasteiger partial charge >= 0.3 is 0 Å². The summed E-state index contributed by atoms with van der Waals surface area (Å²) in [4.78, 5) is 16.9. The van der Waals surface area contributed by atoms with Gasteiger partial charge in [-0.3, -0.25) is 9.78 Å². The van der Waals surface area contributed by atoms with Gasteiger partial charge in [-0.15, -0.1) is 0 Å². The lowest BCUT2D eigenvalue weighted by Gasteiger charge is -2.07. The predicted octanol–water partition coefficient (Wildman–Crippen LogP) is 5.19. The highest BCUT2D eigenvalue weighted by Gasteiger charge is 2.13. The average molecular weight is 405 g/mol. The van der Waals surface area contributed by atoms with Crippen LogP contribution in [0, 0.1) is 0 Å². The third-order valence-electron chi connectivity index (χ3n) is 3.32. The van der Waals surface area contributed by atoms with Crippen LogP contribution < -0.4 is 0 Å². The third kappa shape index (κ3) is 3.06. The molecule has 2 nitrogen and oxygen atoms in total. The van der Waals surface area contributed by atoms with Gasteiger partial charge in [-0.25, -0.2) is 0 Å². The Bertz CT molecular complexity index is 825. The Balaban J connectivity index is 1.99. The highest BCUT2D eigenvalue weighted by Crippen LogP contribution is 2.24. The van der Waals surface area contributed by atoms with Crippen LogP contribution in [0.1, 0.15) is 15.9 Å². The molecule has 21 heavy (non-hydrogen) atoms. The molecule has 0 aliphatic carbocycles. The number of rotatable bonds is 3. The molecule has 0 N–H and O–H groups in total. The second kappa shape index (κ2) is 6.08. The zero-order valence-electron chi connectivity index (χ0n) is 11.0. The van der Waals surface area contributed by atoms with Crippen LogP contribution in [-0.2, 0) is 6.42 Å². The first-order valence-corrected chi connectivity index (χ1v) is 8.04. The maximum absolute atomic E-state index is 12.6. The summed E-state index contributed by atoms with van der Waals surface area (Å²) in [5.41, 5.74) is 2.60. The van der Waals surface area contributed by atoms with Gasteiger partial charge in [0, 0.05) is 32.5 Å². The molecule has 0 bridgehead atoms. The topological polar surface area (TPSA) is 30.0 Å². The summed E-state index contributed by atoms with van der Waals surface area (Å²) < 4.78 is 1.71. The van der Waals surface area contributed by atoms with Crippen molar-refractivity contribution in [1.82, 2.24) is 4.98 Å². The van der Waals surface area contributed by atoms with E-state index in [0.29, 0.717) is 12.0 Å². The second-order valence-corrected chi connectivity index (χ2v) is 6.48. The van der Waals surface area contributed by atoms with Crippen molar-refractivity contribution in [3.63, 3.8) is 0 Å². The average Bonchev–Trinajstić information content (AvgIpc) is 2.50. The number of nitrogens with zero attached hydrogens (tertiary/aromatic N) is 1. The van der Waals surface area contributed by atoms with Crippen molar-refractivity contribution in [3.8, 4) is 0 Å². The van der Waals surface area contributed by atoms with Crippen LogP contribution in [0.3, 0.4) is 0 Å². The molecule has 1 aromatic heterocycles. The van der Waals surface area contributed by atoms with Gasteiger partial charge in [0.15, 0.2) is 5.78 Å². The van der Waals surface area contributed by atoms with Crippen molar-refractivity contribution in [3.05, 3.63) is 74.8 Å². The summed E-state index contributed by atoms with van der Waals surface area (Å²) in [5, 5.41) is 1.03. The van der Waals surface area contributed by atoms with Gasteiger partial charge in [0.25, 0.3) is 0 Å². The Morgan fingerprint density at radius 1 is 1.05 bits per heavy atom. The van der Waals surface area contributed by atoms with Crippen molar-refractivity contribution in [2.45, 2.75) is 6.42 Å². The molecule has 0 unspecified atom stereocenters. The molecular weight excluding hydrogens is 394 g/mol. The molecule has 1 heterocycles.